The smallest absolute Gasteiger partial charge is 0.259 e. The van der Waals surface area contributed by atoms with Crippen molar-refractivity contribution in [3.05, 3.63) is 29.7 Å². The Hall–Kier alpha value is -2.06. The van der Waals surface area contributed by atoms with Gasteiger partial charge in [0.25, 0.3) is 5.91 Å². The van der Waals surface area contributed by atoms with Crippen LogP contribution in [-0.4, -0.2) is 45.2 Å². The highest BCUT2D eigenvalue weighted by molar-refractivity contribution is 8.04. The van der Waals surface area contributed by atoms with Crippen molar-refractivity contribution < 1.29 is 4.79 Å². The molecule has 0 saturated heterocycles. The Labute approximate surface area is 144 Å². The van der Waals surface area contributed by atoms with Gasteiger partial charge in [-0.3, -0.25) is 4.79 Å². The minimum atomic E-state index is -0.205. The second-order valence-corrected chi connectivity index (χ2v) is 7.40. The van der Waals surface area contributed by atoms with Crippen LogP contribution in [0.4, 0.5) is 5.82 Å². The van der Waals surface area contributed by atoms with Gasteiger partial charge in [-0.25, -0.2) is 9.97 Å². The van der Waals surface area contributed by atoms with Crippen LogP contribution in [0.2, 0.25) is 0 Å². The van der Waals surface area contributed by atoms with Crippen LogP contribution in [0.5, 0.6) is 0 Å². The first-order valence-electron chi connectivity index (χ1n) is 8.13. The molecule has 126 valence electrons. The van der Waals surface area contributed by atoms with Gasteiger partial charge in [-0.2, -0.15) is 0 Å². The summed E-state index contributed by atoms with van der Waals surface area (Å²) < 4.78 is 0. The molecule has 8 heteroatoms. The van der Waals surface area contributed by atoms with E-state index in [2.05, 4.69) is 20.3 Å². The molecule has 1 fully saturated rings. The molecule has 0 unspecified atom stereocenters. The molecule has 2 aliphatic rings. The van der Waals surface area contributed by atoms with Gasteiger partial charge in [-0.15, -0.1) is 11.8 Å². The van der Waals surface area contributed by atoms with Gasteiger partial charge in [0.1, 0.15) is 17.8 Å². The van der Waals surface area contributed by atoms with Crippen LogP contribution in [0, 0.1) is 0 Å². The van der Waals surface area contributed by atoms with Crippen LogP contribution in [0.15, 0.2) is 29.7 Å². The molecular formula is C16H20N6OS. The molecule has 1 aliphatic heterocycles. The minimum absolute atomic E-state index is 0.0331. The fourth-order valence-electron chi connectivity index (χ4n) is 3.16. The first kappa shape index (κ1) is 15.5. The number of nitrogens with two attached hydrogens (primary N) is 1. The summed E-state index contributed by atoms with van der Waals surface area (Å²) >= 11 is 1.58. The van der Waals surface area contributed by atoms with Crippen molar-refractivity contribution in [3.63, 3.8) is 0 Å². The first-order valence-corrected chi connectivity index (χ1v) is 9.11. The van der Waals surface area contributed by atoms with Crippen LogP contribution >= 0.6 is 11.8 Å². The van der Waals surface area contributed by atoms with Crippen molar-refractivity contribution in [1.82, 2.24) is 20.3 Å². The van der Waals surface area contributed by atoms with Crippen molar-refractivity contribution >= 4 is 34.5 Å². The Morgan fingerprint density at radius 1 is 1.46 bits per heavy atom. The van der Waals surface area contributed by atoms with Crippen LogP contribution in [0.3, 0.4) is 0 Å². The number of carbonyl (C=O) groups excluding carboxylic acids is 1. The fourth-order valence-corrected chi connectivity index (χ4v) is 4.05. The molecule has 0 radical (unpaired) electrons. The second-order valence-electron chi connectivity index (χ2n) is 6.26. The summed E-state index contributed by atoms with van der Waals surface area (Å²) in [6.45, 7) is 1.30. The molecule has 1 amide bonds. The molecule has 0 bridgehead atoms. The predicted molar refractivity (Wildman–Crippen MR) is 95.6 cm³/mol. The van der Waals surface area contributed by atoms with Gasteiger partial charge in [0.05, 0.1) is 15.8 Å². The highest BCUT2D eigenvalue weighted by Crippen LogP contribution is 2.33. The number of H-pyrrole nitrogens is 1. The molecule has 2 aromatic rings. The molecule has 24 heavy (non-hydrogen) atoms. The van der Waals surface area contributed by atoms with Crippen molar-refractivity contribution in [1.29, 1.82) is 0 Å². The highest BCUT2D eigenvalue weighted by atomic mass is 32.2. The maximum Gasteiger partial charge on any atom is 0.259 e. The number of amides is 1. The quantitative estimate of drug-likeness (QED) is 0.774. The molecule has 1 aliphatic carbocycles. The van der Waals surface area contributed by atoms with Crippen LogP contribution in [0.25, 0.3) is 11.0 Å². The standard InChI is InChI=1S/C16H20N6OS/c17-9-16(3-1-4-16)21-15(23)12-8-22(6-7-24-12)14-11-2-5-18-13(11)19-10-20-14/h2,5,8,10H,1,3-4,6-7,9,17H2,(H,21,23)(H,18,19,20). The predicted octanol–water partition coefficient (Wildman–Crippen LogP) is 1.35. The lowest BCUT2D eigenvalue weighted by molar-refractivity contribution is -0.119. The van der Waals surface area contributed by atoms with Crippen molar-refractivity contribution in [2.45, 2.75) is 24.8 Å². The molecule has 4 N–H and O–H groups in total. The first-order chi connectivity index (χ1) is 11.7. The molecule has 0 atom stereocenters. The number of nitrogens with zero attached hydrogens (tertiary/aromatic N) is 3. The molecule has 0 spiro atoms. The van der Waals surface area contributed by atoms with E-state index in [-0.39, 0.29) is 11.4 Å². The van der Waals surface area contributed by atoms with E-state index in [4.69, 9.17) is 5.73 Å². The molecular weight excluding hydrogens is 324 g/mol. The largest absolute Gasteiger partial charge is 0.346 e. The third kappa shape index (κ3) is 2.65. The monoisotopic (exact) mass is 344 g/mol. The Morgan fingerprint density at radius 2 is 2.33 bits per heavy atom. The van der Waals surface area contributed by atoms with Gasteiger partial charge in [-0.1, -0.05) is 0 Å². The van der Waals surface area contributed by atoms with Crippen molar-refractivity contribution in [3.8, 4) is 0 Å². The fraction of sp³-hybridized carbons (Fsp3) is 0.438. The third-order valence-corrected chi connectivity index (χ3v) is 5.76. The van der Waals surface area contributed by atoms with E-state index in [9.17, 15) is 4.79 Å². The number of hydrogen-bond donors (Lipinski definition) is 3. The van der Waals surface area contributed by atoms with E-state index < -0.39 is 0 Å². The Balaban J connectivity index is 1.58. The lowest BCUT2D eigenvalue weighted by Gasteiger charge is -2.42. The van der Waals surface area contributed by atoms with E-state index in [1.165, 1.54) is 0 Å². The molecule has 0 aromatic carbocycles. The van der Waals surface area contributed by atoms with Crippen LogP contribution in [-0.2, 0) is 4.79 Å². The number of aromatic nitrogens is 3. The lowest BCUT2D eigenvalue weighted by atomic mass is 9.77. The van der Waals surface area contributed by atoms with Crippen LogP contribution in [0.1, 0.15) is 19.3 Å². The lowest BCUT2D eigenvalue weighted by Crippen LogP contribution is -2.58. The zero-order valence-electron chi connectivity index (χ0n) is 13.3. The summed E-state index contributed by atoms with van der Waals surface area (Å²) in [7, 11) is 0. The highest BCUT2D eigenvalue weighted by Gasteiger charge is 2.37. The SMILES string of the molecule is NCC1(NC(=O)C2=CN(c3ncnc4[nH]ccc34)CCS2)CCC1. The van der Waals surface area contributed by atoms with E-state index in [0.717, 1.165) is 48.4 Å². The Kier molecular flexibility index (Phi) is 3.93. The number of carbonyl (C=O) groups is 1. The Bertz CT molecular complexity index is 791. The van der Waals surface area contributed by atoms with Gasteiger partial charge in [0.2, 0.25) is 0 Å². The van der Waals surface area contributed by atoms with Crippen molar-refractivity contribution in [2.75, 3.05) is 23.7 Å². The summed E-state index contributed by atoms with van der Waals surface area (Å²) in [6, 6.07) is 1.96. The number of rotatable bonds is 4. The van der Waals surface area contributed by atoms with E-state index in [1.54, 1.807) is 18.1 Å². The number of aromatic amines is 1. The summed E-state index contributed by atoms with van der Waals surface area (Å²) in [5.41, 5.74) is 6.44. The number of anilines is 1. The van der Waals surface area contributed by atoms with Gasteiger partial charge in [0, 0.05) is 31.2 Å². The molecule has 3 heterocycles. The zero-order chi connectivity index (χ0) is 16.6. The maximum absolute atomic E-state index is 12.6. The second kappa shape index (κ2) is 6.10. The summed E-state index contributed by atoms with van der Waals surface area (Å²) in [4.78, 5) is 27.1. The van der Waals surface area contributed by atoms with Crippen molar-refractivity contribution in [2.24, 2.45) is 5.73 Å². The number of nitrogens with one attached hydrogen (secondary N) is 2. The van der Waals surface area contributed by atoms with Gasteiger partial charge in [0.15, 0.2) is 0 Å². The summed E-state index contributed by atoms with van der Waals surface area (Å²) in [6.07, 6.45) is 8.34. The van der Waals surface area contributed by atoms with E-state index in [1.807, 2.05) is 23.4 Å². The number of fused-ring (bicyclic) bond motifs is 1. The number of hydrogen-bond acceptors (Lipinski definition) is 6. The summed E-state index contributed by atoms with van der Waals surface area (Å²) in [5.74, 6) is 1.63. The zero-order valence-corrected chi connectivity index (χ0v) is 14.1. The average Bonchev–Trinajstić information content (AvgIpc) is 3.06. The summed E-state index contributed by atoms with van der Waals surface area (Å²) in [5, 5.41) is 4.09. The van der Waals surface area contributed by atoms with Gasteiger partial charge >= 0.3 is 0 Å². The normalized spacial score (nSPS) is 19.7. The Morgan fingerprint density at radius 3 is 3.08 bits per heavy atom. The number of thioether (sulfide) groups is 1. The van der Waals surface area contributed by atoms with E-state index in [0.29, 0.717) is 11.4 Å². The molecule has 2 aromatic heterocycles. The van der Waals surface area contributed by atoms with Gasteiger partial charge in [-0.05, 0) is 25.3 Å². The van der Waals surface area contributed by atoms with Crippen LogP contribution < -0.4 is 16.0 Å². The molecule has 7 nitrogen and oxygen atoms in total. The molecule has 4 rings (SSSR count). The third-order valence-electron chi connectivity index (χ3n) is 4.77. The minimum Gasteiger partial charge on any atom is -0.346 e. The van der Waals surface area contributed by atoms with Gasteiger partial charge < -0.3 is 20.9 Å². The topological polar surface area (TPSA) is 99.9 Å². The van der Waals surface area contributed by atoms with E-state index >= 15 is 0 Å². The molecule has 1 saturated carbocycles. The maximum atomic E-state index is 12.6. The average molecular weight is 344 g/mol.